The lowest BCUT2D eigenvalue weighted by molar-refractivity contribution is -0.122. The largest absolute Gasteiger partial charge is 0.483 e. The van der Waals surface area contributed by atoms with E-state index < -0.39 is 0 Å². The molecule has 1 aliphatic carbocycles. The van der Waals surface area contributed by atoms with Crippen molar-refractivity contribution in [3.05, 3.63) is 30.5 Å². The van der Waals surface area contributed by atoms with Crippen molar-refractivity contribution >= 4 is 6.47 Å². The van der Waals surface area contributed by atoms with Gasteiger partial charge in [0.2, 0.25) is 0 Å². The van der Waals surface area contributed by atoms with Gasteiger partial charge >= 0.3 is 0 Å². The standard InChI is InChI=1S/C16H22N4O.CH2O2/c1-2-15-17-7-6-14(19-15)16-18-8-9-20(16)13-5-3-4-12(10-13)11-21;2-1-3/h6-9,12-13,21H,2-5,10-11H2,1H3;1H,(H,2,3)/t12-,13+;/m0./s1. The molecule has 2 aromatic heterocycles. The zero-order chi connectivity index (χ0) is 17.4. The van der Waals surface area contributed by atoms with Crippen molar-refractivity contribution in [2.75, 3.05) is 6.61 Å². The van der Waals surface area contributed by atoms with Gasteiger partial charge in [0, 0.05) is 37.7 Å². The Morgan fingerprint density at radius 2 is 2.12 bits per heavy atom. The molecular formula is C17H24N4O3. The lowest BCUT2D eigenvalue weighted by Crippen LogP contribution is -2.21. The minimum atomic E-state index is -0.250. The molecule has 0 spiro atoms. The molecule has 7 heteroatoms. The van der Waals surface area contributed by atoms with Gasteiger partial charge in [0.15, 0.2) is 5.82 Å². The van der Waals surface area contributed by atoms with E-state index in [4.69, 9.17) is 9.90 Å². The lowest BCUT2D eigenvalue weighted by atomic mass is 9.86. The summed E-state index contributed by atoms with van der Waals surface area (Å²) < 4.78 is 2.23. The first-order chi connectivity index (χ1) is 11.7. The van der Waals surface area contributed by atoms with E-state index in [-0.39, 0.29) is 13.1 Å². The predicted molar refractivity (Wildman–Crippen MR) is 89.4 cm³/mol. The van der Waals surface area contributed by atoms with Crippen LogP contribution < -0.4 is 0 Å². The van der Waals surface area contributed by atoms with Crippen LogP contribution in [0.4, 0.5) is 0 Å². The zero-order valence-electron chi connectivity index (χ0n) is 13.9. The van der Waals surface area contributed by atoms with Crippen molar-refractivity contribution in [2.24, 2.45) is 5.92 Å². The smallest absolute Gasteiger partial charge is 0.290 e. The van der Waals surface area contributed by atoms with Crippen LogP contribution in [0.1, 0.15) is 44.5 Å². The highest BCUT2D eigenvalue weighted by molar-refractivity contribution is 5.49. The van der Waals surface area contributed by atoms with Gasteiger partial charge in [-0.25, -0.2) is 15.0 Å². The number of aliphatic hydroxyl groups is 1. The van der Waals surface area contributed by atoms with Crippen LogP contribution in [0.3, 0.4) is 0 Å². The van der Waals surface area contributed by atoms with E-state index in [1.807, 2.05) is 18.5 Å². The van der Waals surface area contributed by atoms with E-state index >= 15 is 0 Å². The van der Waals surface area contributed by atoms with Crippen LogP contribution in [-0.2, 0) is 11.2 Å². The van der Waals surface area contributed by atoms with Gasteiger partial charge in [-0.1, -0.05) is 13.3 Å². The van der Waals surface area contributed by atoms with E-state index in [1.54, 1.807) is 6.20 Å². The summed E-state index contributed by atoms with van der Waals surface area (Å²) in [6, 6.07) is 2.33. The predicted octanol–water partition coefficient (Wildman–Crippen LogP) is 2.33. The summed E-state index contributed by atoms with van der Waals surface area (Å²) in [6.45, 7) is 2.09. The molecule has 0 radical (unpaired) electrons. The Labute approximate surface area is 141 Å². The number of nitrogens with zero attached hydrogens (tertiary/aromatic N) is 4. The van der Waals surface area contributed by atoms with Crippen LogP contribution in [0.25, 0.3) is 11.5 Å². The fourth-order valence-electron chi connectivity index (χ4n) is 3.18. The normalized spacial score (nSPS) is 20.1. The summed E-state index contributed by atoms with van der Waals surface area (Å²) >= 11 is 0. The van der Waals surface area contributed by atoms with Gasteiger partial charge in [0.25, 0.3) is 6.47 Å². The van der Waals surface area contributed by atoms with Crippen LogP contribution in [0.15, 0.2) is 24.7 Å². The average molecular weight is 332 g/mol. The van der Waals surface area contributed by atoms with Gasteiger partial charge in [0.1, 0.15) is 11.5 Å². The summed E-state index contributed by atoms with van der Waals surface area (Å²) in [5.41, 5.74) is 0.887. The number of aryl methyl sites for hydroxylation is 1. The molecule has 2 heterocycles. The number of imidazole rings is 1. The molecule has 0 aromatic carbocycles. The summed E-state index contributed by atoms with van der Waals surface area (Å²) in [4.78, 5) is 21.7. The fraction of sp³-hybridized carbons (Fsp3) is 0.529. The Morgan fingerprint density at radius 3 is 2.83 bits per heavy atom. The third kappa shape index (κ3) is 4.38. The van der Waals surface area contributed by atoms with Crippen LogP contribution in [0.5, 0.6) is 0 Å². The van der Waals surface area contributed by atoms with E-state index in [0.29, 0.717) is 12.0 Å². The molecule has 1 saturated carbocycles. The molecule has 1 fully saturated rings. The molecule has 7 nitrogen and oxygen atoms in total. The van der Waals surface area contributed by atoms with Crippen LogP contribution in [0.2, 0.25) is 0 Å². The maximum absolute atomic E-state index is 9.42. The molecule has 2 atom stereocenters. The minimum absolute atomic E-state index is 0.250. The molecule has 1 aliphatic rings. The Kier molecular flexibility index (Phi) is 6.87. The van der Waals surface area contributed by atoms with Gasteiger partial charge < -0.3 is 14.8 Å². The molecule has 0 unspecified atom stereocenters. The number of rotatable bonds is 4. The Hall–Kier alpha value is -2.28. The zero-order valence-corrected chi connectivity index (χ0v) is 13.9. The molecule has 130 valence electrons. The highest BCUT2D eigenvalue weighted by Gasteiger charge is 2.24. The summed E-state index contributed by atoms with van der Waals surface area (Å²) in [5.74, 6) is 2.17. The quantitative estimate of drug-likeness (QED) is 0.833. The number of carboxylic acid groups (broad SMARTS) is 1. The van der Waals surface area contributed by atoms with Gasteiger partial charge in [-0.3, -0.25) is 4.79 Å². The molecule has 2 N–H and O–H groups in total. The van der Waals surface area contributed by atoms with Crippen LogP contribution in [-0.4, -0.2) is 42.8 Å². The maximum Gasteiger partial charge on any atom is 0.290 e. The molecular weight excluding hydrogens is 308 g/mol. The van der Waals surface area contributed by atoms with Crippen molar-refractivity contribution in [1.82, 2.24) is 19.5 Å². The number of aromatic nitrogens is 4. The molecule has 2 aromatic rings. The highest BCUT2D eigenvalue weighted by atomic mass is 16.3. The number of hydrogen-bond donors (Lipinski definition) is 2. The molecule has 0 aliphatic heterocycles. The van der Waals surface area contributed by atoms with E-state index in [9.17, 15) is 5.11 Å². The van der Waals surface area contributed by atoms with Crippen molar-refractivity contribution in [3.63, 3.8) is 0 Å². The third-order valence-electron chi connectivity index (χ3n) is 4.33. The Balaban J connectivity index is 0.000000647. The molecule has 0 amide bonds. The molecule has 0 saturated heterocycles. The summed E-state index contributed by atoms with van der Waals surface area (Å²) in [6.07, 6.45) is 11.0. The van der Waals surface area contributed by atoms with Crippen molar-refractivity contribution in [2.45, 2.75) is 45.1 Å². The molecule has 0 bridgehead atoms. The lowest BCUT2D eigenvalue weighted by Gasteiger charge is -2.29. The van der Waals surface area contributed by atoms with E-state index in [1.165, 1.54) is 0 Å². The van der Waals surface area contributed by atoms with Crippen LogP contribution >= 0.6 is 0 Å². The monoisotopic (exact) mass is 332 g/mol. The first kappa shape index (κ1) is 18.1. The van der Waals surface area contributed by atoms with Gasteiger partial charge in [-0.2, -0.15) is 0 Å². The first-order valence-corrected chi connectivity index (χ1v) is 8.27. The van der Waals surface area contributed by atoms with Crippen molar-refractivity contribution in [1.29, 1.82) is 0 Å². The van der Waals surface area contributed by atoms with Gasteiger partial charge in [-0.05, 0) is 31.2 Å². The average Bonchev–Trinajstić information content (AvgIpc) is 3.12. The Bertz CT molecular complexity index is 644. The maximum atomic E-state index is 9.42. The number of carbonyl (C=O) groups is 1. The second-order valence-electron chi connectivity index (χ2n) is 5.84. The number of hydrogen-bond acceptors (Lipinski definition) is 5. The van der Waals surface area contributed by atoms with Gasteiger partial charge in [-0.15, -0.1) is 0 Å². The van der Waals surface area contributed by atoms with Crippen molar-refractivity contribution < 1.29 is 15.0 Å². The van der Waals surface area contributed by atoms with E-state index in [0.717, 1.165) is 49.4 Å². The summed E-state index contributed by atoms with van der Waals surface area (Å²) in [7, 11) is 0. The molecule has 3 rings (SSSR count). The molecule has 24 heavy (non-hydrogen) atoms. The second-order valence-corrected chi connectivity index (χ2v) is 5.84. The van der Waals surface area contributed by atoms with Gasteiger partial charge in [0.05, 0.1) is 0 Å². The highest BCUT2D eigenvalue weighted by Crippen LogP contribution is 2.34. The van der Waals surface area contributed by atoms with Crippen LogP contribution in [0, 0.1) is 5.92 Å². The first-order valence-electron chi connectivity index (χ1n) is 8.27. The Morgan fingerprint density at radius 1 is 1.33 bits per heavy atom. The SMILES string of the molecule is CCc1nccc(-c2nccn2[C@@H]2CCC[C@H](CO)C2)n1.O=CO. The second kappa shape index (κ2) is 9.12. The third-order valence-corrected chi connectivity index (χ3v) is 4.33. The van der Waals surface area contributed by atoms with Crippen molar-refractivity contribution in [3.8, 4) is 11.5 Å². The summed E-state index contributed by atoms with van der Waals surface area (Å²) in [5, 5.41) is 16.3. The van der Waals surface area contributed by atoms with E-state index in [2.05, 4.69) is 26.4 Å². The minimum Gasteiger partial charge on any atom is -0.483 e. The fourth-order valence-corrected chi connectivity index (χ4v) is 3.18. The topological polar surface area (TPSA) is 101 Å². The number of aliphatic hydroxyl groups excluding tert-OH is 1.